The number of hydrogen-bond acceptors (Lipinski definition) is 3. The zero-order chi connectivity index (χ0) is 15.2. The molecular formula is C18H32N2S. The molecule has 1 saturated carbocycles. The first kappa shape index (κ1) is 17.0. The van der Waals surface area contributed by atoms with E-state index < -0.39 is 0 Å². The van der Waals surface area contributed by atoms with Gasteiger partial charge in [0.25, 0.3) is 0 Å². The Balaban J connectivity index is 1.99. The Bertz CT molecular complexity index is 388. The Morgan fingerprint density at radius 2 is 2.19 bits per heavy atom. The van der Waals surface area contributed by atoms with Gasteiger partial charge in [0.15, 0.2) is 0 Å². The van der Waals surface area contributed by atoms with Gasteiger partial charge in [0.2, 0.25) is 0 Å². The molecule has 3 unspecified atom stereocenters. The van der Waals surface area contributed by atoms with Gasteiger partial charge in [-0.15, -0.1) is 11.3 Å². The third kappa shape index (κ3) is 4.80. The molecule has 0 aromatic carbocycles. The molecule has 1 aliphatic rings. The van der Waals surface area contributed by atoms with E-state index in [0.717, 1.165) is 18.4 Å². The normalized spacial score (nSPS) is 26.7. The van der Waals surface area contributed by atoms with Crippen molar-refractivity contribution in [2.24, 2.45) is 11.8 Å². The molecule has 2 nitrogen and oxygen atoms in total. The minimum Gasteiger partial charge on any atom is -0.317 e. The quantitative estimate of drug-likeness (QED) is 0.804. The van der Waals surface area contributed by atoms with Crippen LogP contribution >= 0.6 is 11.3 Å². The van der Waals surface area contributed by atoms with Crippen LogP contribution in [0.25, 0.3) is 0 Å². The molecule has 0 radical (unpaired) electrons. The molecule has 0 aliphatic heterocycles. The highest BCUT2D eigenvalue weighted by atomic mass is 32.1. The Labute approximate surface area is 134 Å². The van der Waals surface area contributed by atoms with E-state index in [4.69, 9.17) is 0 Å². The molecule has 21 heavy (non-hydrogen) atoms. The van der Waals surface area contributed by atoms with Crippen molar-refractivity contribution in [1.82, 2.24) is 10.2 Å². The second kappa shape index (κ2) is 8.30. The van der Waals surface area contributed by atoms with Crippen molar-refractivity contribution in [2.75, 3.05) is 13.6 Å². The lowest BCUT2D eigenvalue weighted by molar-refractivity contribution is 0.117. The topological polar surface area (TPSA) is 15.3 Å². The summed E-state index contributed by atoms with van der Waals surface area (Å²) in [5.74, 6) is 1.74. The molecule has 1 N–H and O–H groups in total. The second-order valence-corrected chi connectivity index (χ2v) is 7.88. The second-order valence-electron chi connectivity index (χ2n) is 6.85. The number of nitrogens with one attached hydrogen (secondary N) is 1. The van der Waals surface area contributed by atoms with Gasteiger partial charge in [-0.05, 0) is 63.4 Å². The Hall–Kier alpha value is -0.380. The smallest absolute Gasteiger partial charge is 0.0330 e. The number of thiophene rings is 1. The number of nitrogens with zero attached hydrogens (tertiary/aromatic N) is 1. The molecule has 2 rings (SSSR count). The zero-order valence-electron chi connectivity index (χ0n) is 14.1. The van der Waals surface area contributed by atoms with Gasteiger partial charge in [0.1, 0.15) is 0 Å². The van der Waals surface area contributed by atoms with E-state index in [1.807, 2.05) is 11.3 Å². The van der Waals surface area contributed by atoms with Gasteiger partial charge in [-0.3, -0.25) is 4.90 Å². The first-order valence-corrected chi connectivity index (χ1v) is 9.45. The summed E-state index contributed by atoms with van der Waals surface area (Å²) in [5.41, 5.74) is 0. The van der Waals surface area contributed by atoms with Gasteiger partial charge in [-0.1, -0.05) is 19.4 Å². The molecule has 3 atom stereocenters. The molecule has 120 valence electrons. The van der Waals surface area contributed by atoms with E-state index in [9.17, 15) is 0 Å². The van der Waals surface area contributed by atoms with Crippen molar-refractivity contribution in [3.63, 3.8) is 0 Å². The molecule has 1 fully saturated rings. The van der Waals surface area contributed by atoms with Gasteiger partial charge in [-0.25, -0.2) is 0 Å². The van der Waals surface area contributed by atoms with Crippen LogP contribution in [0.1, 0.15) is 51.3 Å². The van der Waals surface area contributed by atoms with Crippen LogP contribution in [0.15, 0.2) is 17.5 Å². The molecular weight excluding hydrogens is 276 g/mol. The predicted octanol–water partition coefficient (Wildman–Crippen LogP) is 4.37. The molecule has 0 amide bonds. The van der Waals surface area contributed by atoms with E-state index in [-0.39, 0.29) is 0 Å². The maximum atomic E-state index is 3.58. The first-order valence-electron chi connectivity index (χ1n) is 8.57. The third-order valence-corrected chi connectivity index (χ3v) is 6.04. The van der Waals surface area contributed by atoms with Gasteiger partial charge in [0.05, 0.1) is 0 Å². The van der Waals surface area contributed by atoms with Crippen LogP contribution in [0.3, 0.4) is 0 Å². The van der Waals surface area contributed by atoms with E-state index in [2.05, 4.69) is 55.5 Å². The van der Waals surface area contributed by atoms with Gasteiger partial charge in [-0.2, -0.15) is 0 Å². The van der Waals surface area contributed by atoms with Crippen molar-refractivity contribution in [2.45, 2.75) is 65.1 Å². The highest BCUT2D eigenvalue weighted by Gasteiger charge is 2.30. The Kier molecular flexibility index (Phi) is 6.72. The first-order chi connectivity index (χ1) is 10.1. The van der Waals surface area contributed by atoms with Gasteiger partial charge >= 0.3 is 0 Å². The molecule has 1 aliphatic carbocycles. The van der Waals surface area contributed by atoms with Crippen molar-refractivity contribution in [3.05, 3.63) is 22.4 Å². The average Bonchev–Trinajstić information content (AvgIpc) is 2.99. The largest absolute Gasteiger partial charge is 0.317 e. The fraction of sp³-hybridized carbons (Fsp3) is 0.778. The highest BCUT2D eigenvalue weighted by Crippen LogP contribution is 2.32. The molecule has 1 aromatic heterocycles. The predicted molar refractivity (Wildman–Crippen MR) is 93.8 cm³/mol. The lowest BCUT2D eigenvalue weighted by atomic mass is 9.76. The summed E-state index contributed by atoms with van der Waals surface area (Å²) in [7, 11) is 2.14. The van der Waals surface area contributed by atoms with Crippen LogP contribution in [-0.2, 0) is 6.54 Å². The molecule has 1 heterocycles. The minimum atomic E-state index is 0.617. The fourth-order valence-electron chi connectivity index (χ4n) is 3.68. The van der Waals surface area contributed by atoms with Crippen LogP contribution in [0, 0.1) is 11.8 Å². The maximum absolute atomic E-state index is 3.58. The lowest BCUT2D eigenvalue weighted by Gasteiger charge is -2.40. The lowest BCUT2D eigenvalue weighted by Crippen LogP contribution is -2.46. The highest BCUT2D eigenvalue weighted by molar-refractivity contribution is 7.09. The van der Waals surface area contributed by atoms with Crippen molar-refractivity contribution in [3.8, 4) is 0 Å². The number of hydrogen-bond donors (Lipinski definition) is 1. The van der Waals surface area contributed by atoms with Crippen LogP contribution < -0.4 is 5.32 Å². The molecule has 3 heteroatoms. The fourth-order valence-corrected chi connectivity index (χ4v) is 4.41. The Morgan fingerprint density at radius 1 is 1.38 bits per heavy atom. The molecule has 1 aromatic rings. The zero-order valence-corrected chi connectivity index (χ0v) is 15.0. The standard InChI is InChI=1S/C18H32N2S/c1-5-15-8-9-18(19-4)16(11-15)12-20(14(2)3)13-17-7-6-10-21-17/h6-7,10,14-16,18-19H,5,8-9,11-13H2,1-4H3. The maximum Gasteiger partial charge on any atom is 0.0330 e. The minimum absolute atomic E-state index is 0.617. The van der Waals surface area contributed by atoms with Crippen molar-refractivity contribution in [1.29, 1.82) is 0 Å². The molecule has 0 spiro atoms. The third-order valence-electron chi connectivity index (χ3n) is 5.18. The van der Waals surface area contributed by atoms with E-state index in [0.29, 0.717) is 12.1 Å². The van der Waals surface area contributed by atoms with E-state index in [1.54, 1.807) is 0 Å². The monoisotopic (exact) mass is 308 g/mol. The van der Waals surface area contributed by atoms with Crippen molar-refractivity contribution < 1.29 is 0 Å². The summed E-state index contributed by atoms with van der Waals surface area (Å²) < 4.78 is 0. The van der Waals surface area contributed by atoms with Crippen molar-refractivity contribution >= 4 is 11.3 Å². The summed E-state index contributed by atoms with van der Waals surface area (Å²) in [6.07, 6.45) is 5.50. The average molecular weight is 309 g/mol. The van der Waals surface area contributed by atoms with E-state index >= 15 is 0 Å². The van der Waals surface area contributed by atoms with Gasteiger partial charge < -0.3 is 5.32 Å². The summed E-state index contributed by atoms with van der Waals surface area (Å²) >= 11 is 1.88. The summed E-state index contributed by atoms with van der Waals surface area (Å²) in [6, 6.07) is 5.76. The SMILES string of the molecule is CCC1CCC(NC)C(CN(Cc2cccs2)C(C)C)C1. The van der Waals surface area contributed by atoms with Crippen LogP contribution in [-0.4, -0.2) is 30.6 Å². The summed E-state index contributed by atoms with van der Waals surface area (Å²) in [6.45, 7) is 9.37. The van der Waals surface area contributed by atoms with E-state index in [1.165, 1.54) is 37.1 Å². The van der Waals surface area contributed by atoms with Crippen LogP contribution in [0.4, 0.5) is 0 Å². The van der Waals surface area contributed by atoms with Crippen LogP contribution in [0.5, 0.6) is 0 Å². The Morgan fingerprint density at radius 3 is 2.76 bits per heavy atom. The molecule has 0 bridgehead atoms. The summed E-state index contributed by atoms with van der Waals surface area (Å²) in [4.78, 5) is 4.16. The number of rotatable bonds is 7. The summed E-state index contributed by atoms with van der Waals surface area (Å²) in [5, 5.41) is 5.77. The van der Waals surface area contributed by atoms with Crippen LogP contribution in [0.2, 0.25) is 0 Å². The molecule has 0 saturated heterocycles. The van der Waals surface area contributed by atoms with Gasteiger partial charge in [0, 0.05) is 30.1 Å².